The highest BCUT2D eigenvalue weighted by molar-refractivity contribution is 9.10. The summed E-state index contributed by atoms with van der Waals surface area (Å²) in [6.07, 6.45) is -0.464. The Morgan fingerprint density at radius 2 is 2.20 bits per heavy atom. The predicted octanol–water partition coefficient (Wildman–Crippen LogP) is 2.14. The normalized spacial score (nSPS) is 12.5. The molecule has 1 aromatic carbocycles. The van der Waals surface area contributed by atoms with E-state index in [0.29, 0.717) is 6.42 Å². The van der Waals surface area contributed by atoms with Crippen LogP contribution in [0.1, 0.15) is 17.5 Å². The summed E-state index contributed by atoms with van der Waals surface area (Å²) in [6.45, 7) is 1.97. The fourth-order valence-corrected chi connectivity index (χ4v) is 1.73. The lowest BCUT2D eigenvalue weighted by atomic mass is 10.0. The minimum Gasteiger partial charge on any atom is -0.479 e. The van der Waals surface area contributed by atoms with Crippen LogP contribution in [0.15, 0.2) is 22.7 Å². The maximum Gasteiger partial charge on any atom is 0.332 e. The van der Waals surface area contributed by atoms with Gasteiger partial charge in [-0.1, -0.05) is 22.0 Å². The number of hydrogen-bond acceptors (Lipinski definition) is 2. The molecule has 0 saturated carbocycles. The van der Waals surface area contributed by atoms with Gasteiger partial charge in [-0.15, -0.1) is 0 Å². The summed E-state index contributed by atoms with van der Waals surface area (Å²) in [5.41, 5.74) is 2.17. The third kappa shape index (κ3) is 3.64. The number of halogens is 1. The molecule has 82 valence electrons. The van der Waals surface area contributed by atoms with Crippen LogP contribution in [0.4, 0.5) is 0 Å². The number of carboxylic acid groups (broad SMARTS) is 1. The van der Waals surface area contributed by atoms with E-state index in [-0.39, 0.29) is 6.42 Å². The molecule has 0 radical (unpaired) electrons. The zero-order chi connectivity index (χ0) is 11.4. The molecule has 0 spiro atoms. The van der Waals surface area contributed by atoms with Gasteiger partial charge in [0.25, 0.3) is 0 Å². The molecule has 2 N–H and O–H groups in total. The third-order valence-corrected chi connectivity index (χ3v) is 2.78. The molecule has 0 amide bonds. The standard InChI is InChI=1S/C11H13BrO3/c1-7-2-4-9(12)6-8(7)3-5-10(13)11(14)15/h2,4,6,10,13H,3,5H2,1H3,(H,14,15). The topological polar surface area (TPSA) is 57.5 Å². The summed E-state index contributed by atoms with van der Waals surface area (Å²) < 4.78 is 0.966. The Bertz CT molecular complexity index is 363. The number of carbonyl (C=O) groups is 1. The average Bonchev–Trinajstić information content (AvgIpc) is 2.18. The highest BCUT2D eigenvalue weighted by Crippen LogP contribution is 2.17. The van der Waals surface area contributed by atoms with Crippen molar-refractivity contribution in [3.8, 4) is 0 Å². The van der Waals surface area contributed by atoms with Gasteiger partial charge < -0.3 is 10.2 Å². The van der Waals surface area contributed by atoms with E-state index in [4.69, 9.17) is 10.2 Å². The first-order chi connectivity index (χ1) is 7.00. The molecule has 0 fully saturated rings. The van der Waals surface area contributed by atoms with Crippen molar-refractivity contribution in [2.75, 3.05) is 0 Å². The summed E-state index contributed by atoms with van der Waals surface area (Å²) in [5, 5.41) is 17.7. The Balaban J connectivity index is 2.65. The van der Waals surface area contributed by atoms with Crippen molar-refractivity contribution in [1.29, 1.82) is 0 Å². The van der Waals surface area contributed by atoms with Gasteiger partial charge in [0.15, 0.2) is 6.10 Å². The molecule has 1 aromatic rings. The Kier molecular flexibility index (Phi) is 4.29. The number of benzene rings is 1. The molecular formula is C11H13BrO3. The zero-order valence-electron chi connectivity index (χ0n) is 8.40. The fourth-order valence-electron chi connectivity index (χ4n) is 1.33. The van der Waals surface area contributed by atoms with Crippen LogP contribution in [0.3, 0.4) is 0 Å². The van der Waals surface area contributed by atoms with Gasteiger partial charge in [-0.2, -0.15) is 0 Å². The van der Waals surface area contributed by atoms with Gasteiger partial charge in [-0.05, 0) is 43.0 Å². The molecule has 0 aliphatic carbocycles. The van der Waals surface area contributed by atoms with E-state index >= 15 is 0 Å². The number of aliphatic hydroxyl groups is 1. The molecule has 1 unspecified atom stereocenters. The van der Waals surface area contributed by atoms with Gasteiger partial charge in [0, 0.05) is 4.47 Å². The van der Waals surface area contributed by atoms with Crippen LogP contribution in [0.5, 0.6) is 0 Å². The first-order valence-corrected chi connectivity index (χ1v) is 5.46. The molecule has 0 heterocycles. The van der Waals surface area contributed by atoms with E-state index in [1.54, 1.807) is 0 Å². The Morgan fingerprint density at radius 1 is 1.53 bits per heavy atom. The van der Waals surface area contributed by atoms with Crippen molar-refractivity contribution in [1.82, 2.24) is 0 Å². The number of carboxylic acids is 1. The van der Waals surface area contributed by atoms with Crippen molar-refractivity contribution in [2.45, 2.75) is 25.9 Å². The average molecular weight is 273 g/mol. The fraction of sp³-hybridized carbons (Fsp3) is 0.364. The van der Waals surface area contributed by atoms with Crippen molar-refractivity contribution >= 4 is 21.9 Å². The predicted molar refractivity (Wildman–Crippen MR) is 60.8 cm³/mol. The number of aliphatic hydroxyl groups excluding tert-OH is 1. The van der Waals surface area contributed by atoms with Crippen LogP contribution in [0, 0.1) is 6.92 Å². The monoisotopic (exact) mass is 272 g/mol. The van der Waals surface area contributed by atoms with Crippen molar-refractivity contribution in [2.24, 2.45) is 0 Å². The lowest BCUT2D eigenvalue weighted by Gasteiger charge is -2.08. The summed E-state index contributed by atoms with van der Waals surface area (Å²) in [6, 6.07) is 5.85. The van der Waals surface area contributed by atoms with Crippen molar-refractivity contribution in [3.63, 3.8) is 0 Å². The van der Waals surface area contributed by atoms with Gasteiger partial charge in [0.2, 0.25) is 0 Å². The number of aliphatic carboxylic acids is 1. The second kappa shape index (κ2) is 5.28. The smallest absolute Gasteiger partial charge is 0.332 e. The minimum atomic E-state index is -1.27. The van der Waals surface area contributed by atoms with Gasteiger partial charge in [-0.25, -0.2) is 4.79 Å². The molecule has 0 aromatic heterocycles. The van der Waals surface area contributed by atoms with Crippen molar-refractivity contribution in [3.05, 3.63) is 33.8 Å². The second-order valence-electron chi connectivity index (χ2n) is 3.46. The van der Waals surface area contributed by atoms with Gasteiger partial charge in [-0.3, -0.25) is 0 Å². The van der Waals surface area contributed by atoms with Gasteiger partial charge in [0.1, 0.15) is 0 Å². The quantitative estimate of drug-likeness (QED) is 0.883. The van der Waals surface area contributed by atoms with Crippen LogP contribution in [0.2, 0.25) is 0 Å². The van der Waals surface area contributed by atoms with Crippen LogP contribution in [0.25, 0.3) is 0 Å². The maximum absolute atomic E-state index is 10.4. The first-order valence-electron chi connectivity index (χ1n) is 4.66. The Hall–Kier alpha value is -0.870. The summed E-state index contributed by atoms with van der Waals surface area (Å²) in [4.78, 5) is 10.4. The van der Waals surface area contributed by atoms with E-state index in [1.165, 1.54) is 0 Å². The number of aryl methyl sites for hydroxylation is 2. The number of rotatable bonds is 4. The molecule has 0 saturated heterocycles. The Labute approximate surface area is 96.9 Å². The van der Waals surface area contributed by atoms with Gasteiger partial charge >= 0.3 is 5.97 Å². The lowest BCUT2D eigenvalue weighted by molar-refractivity contribution is -0.146. The Morgan fingerprint density at radius 3 is 2.80 bits per heavy atom. The largest absolute Gasteiger partial charge is 0.479 e. The summed E-state index contributed by atoms with van der Waals surface area (Å²) >= 11 is 3.35. The van der Waals surface area contributed by atoms with Crippen molar-refractivity contribution < 1.29 is 15.0 Å². The lowest BCUT2D eigenvalue weighted by Crippen LogP contribution is -2.20. The van der Waals surface area contributed by atoms with Gasteiger partial charge in [0.05, 0.1) is 0 Å². The molecule has 0 aliphatic rings. The molecule has 1 atom stereocenters. The molecule has 3 nitrogen and oxygen atoms in total. The number of hydrogen-bond donors (Lipinski definition) is 2. The highest BCUT2D eigenvalue weighted by atomic mass is 79.9. The maximum atomic E-state index is 10.4. The second-order valence-corrected chi connectivity index (χ2v) is 4.38. The van der Waals surface area contributed by atoms with Crippen LogP contribution < -0.4 is 0 Å². The SMILES string of the molecule is Cc1ccc(Br)cc1CCC(O)C(=O)O. The molecule has 4 heteroatoms. The van der Waals surface area contributed by atoms with E-state index in [9.17, 15) is 4.79 Å². The molecule has 15 heavy (non-hydrogen) atoms. The van der Waals surface area contributed by atoms with E-state index in [0.717, 1.165) is 15.6 Å². The summed E-state index contributed by atoms with van der Waals surface area (Å²) in [5.74, 6) is -1.16. The molecule has 0 bridgehead atoms. The zero-order valence-corrected chi connectivity index (χ0v) is 9.99. The highest BCUT2D eigenvalue weighted by Gasteiger charge is 2.13. The van der Waals surface area contributed by atoms with Crippen LogP contribution in [-0.2, 0) is 11.2 Å². The van der Waals surface area contributed by atoms with Crippen LogP contribution >= 0.6 is 15.9 Å². The molecular weight excluding hydrogens is 260 g/mol. The minimum absolute atomic E-state index is 0.243. The van der Waals surface area contributed by atoms with E-state index in [1.807, 2.05) is 25.1 Å². The van der Waals surface area contributed by atoms with E-state index < -0.39 is 12.1 Å². The van der Waals surface area contributed by atoms with E-state index in [2.05, 4.69) is 15.9 Å². The molecule has 0 aliphatic heterocycles. The first kappa shape index (κ1) is 12.2. The van der Waals surface area contributed by atoms with Crippen LogP contribution in [-0.4, -0.2) is 22.3 Å². The third-order valence-electron chi connectivity index (χ3n) is 2.28. The molecule has 1 rings (SSSR count). The summed E-state index contributed by atoms with van der Waals surface area (Å²) in [7, 11) is 0.